The largest absolute Gasteiger partial charge is 0.380 e. The molecule has 0 amide bonds. The zero-order chi connectivity index (χ0) is 10.1. The molecule has 0 aliphatic carbocycles. The molecule has 0 fully saturated rings. The summed E-state index contributed by atoms with van der Waals surface area (Å²) in [6, 6.07) is 0. The summed E-state index contributed by atoms with van der Waals surface area (Å²) in [6.45, 7) is 0. The lowest BCUT2D eigenvalue weighted by Crippen LogP contribution is -2.00. The molecule has 0 aliphatic rings. The van der Waals surface area contributed by atoms with E-state index in [1.54, 1.807) is 34.2 Å². The number of hydrogen-bond donors (Lipinski definition) is 1. The van der Waals surface area contributed by atoms with Gasteiger partial charge in [0.25, 0.3) is 0 Å². The van der Waals surface area contributed by atoms with Gasteiger partial charge in [0, 0.05) is 26.5 Å². The van der Waals surface area contributed by atoms with Crippen molar-refractivity contribution in [1.29, 1.82) is 0 Å². The zero-order valence-corrected chi connectivity index (χ0v) is 8.12. The number of aliphatic hydroxyl groups is 1. The summed E-state index contributed by atoms with van der Waals surface area (Å²) in [6.07, 6.45) is 6.12. The van der Waals surface area contributed by atoms with Crippen molar-refractivity contribution in [2.45, 2.75) is 6.10 Å². The van der Waals surface area contributed by atoms with Crippen LogP contribution in [0, 0.1) is 0 Å². The highest BCUT2D eigenvalue weighted by Gasteiger charge is 2.14. The van der Waals surface area contributed by atoms with E-state index >= 15 is 0 Å². The molecule has 0 radical (unpaired) electrons. The smallest absolute Gasteiger partial charge is 0.141 e. The Hall–Kier alpha value is -1.62. The predicted molar refractivity (Wildman–Crippen MR) is 50.5 cm³/mol. The monoisotopic (exact) mass is 192 g/mol. The van der Waals surface area contributed by atoms with E-state index in [-0.39, 0.29) is 0 Å². The highest BCUT2D eigenvalue weighted by molar-refractivity contribution is 5.15. The van der Waals surface area contributed by atoms with E-state index in [0.29, 0.717) is 11.4 Å². The van der Waals surface area contributed by atoms with E-state index in [2.05, 4.69) is 9.97 Å². The molecule has 2 rings (SSSR count). The summed E-state index contributed by atoms with van der Waals surface area (Å²) in [5.41, 5.74) is 1.23. The topological polar surface area (TPSA) is 55.9 Å². The SMILES string of the molecule is Cn1cnc(C(O)c2cn(C)cn2)c1. The van der Waals surface area contributed by atoms with Crippen LogP contribution in [0.4, 0.5) is 0 Å². The van der Waals surface area contributed by atoms with Gasteiger partial charge in [0.15, 0.2) is 0 Å². The molecular weight excluding hydrogens is 180 g/mol. The molecule has 0 aromatic carbocycles. The van der Waals surface area contributed by atoms with Crippen LogP contribution >= 0.6 is 0 Å². The maximum Gasteiger partial charge on any atom is 0.141 e. The summed E-state index contributed by atoms with van der Waals surface area (Å²) in [5, 5.41) is 9.87. The molecule has 0 saturated heterocycles. The van der Waals surface area contributed by atoms with E-state index < -0.39 is 6.10 Å². The Kier molecular flexibility index (Phi) is 2.09. The standard InChI is InChI=1S/C9H12N4O/c1-12-3-7(10-5-12)9(14)8-4-13(2)6-11-8/h3-6,9,14H,1-2H3. The maximum atomic E-state index is 9.87. The second-order valence-corrected chi connectivity index (χ2v) is 3.33. The Morgan fingerprint density at radius 3 is 1.79 bits per heavy atom. The molecule has 5 nitrogen and oxygen atoms in total. The summed E-state index contributed by atoms with van der Waals surface area (Å²) in [7, 11) is 3.73. The molecule has 2 aromatic heterocycles. The second kappa shape index (κ2) is 3.26. The first-order chi connectivity index (χ1) is 6.66. The highest BCUT2D eigenvalue weighted by atomic mass is 16.3. The zero-order valence-electron chi connectivity index (χ0n) is 8.12. The minimum absolute atomic E-state index is 0.617. The lowest BCUT2D eigenvalue weighted by Gasteiger charge is -2.02. The fraction of sp³-hybridized carbons (Fsp3) is 0.333. The van der Waals surface area contributed by atoms with Crippen LogP contribution in [0.5, 0.6) is 0 Å². The van der Waals surface area contributed by atoms with Crippen LogP contribution in [0.15, 0.2) is 25.0 Å². The summed E-state index contributed by atoms with van der Waals surface area (Å²) in [5.74, 6) is 0. The third-order valence-corrected chi connectivity index (χ3v) is 2.01. The van der Waals surface area contributed by atoms with E-state index in [4.69, 9.17) is 0 Å². The van der Waals surface area contributed by atoms with Crippen molar-refractivity contribution in [3.05, 3.63) is 36.4 Å². The van der Waals surface area contributed by atoms with Crippen LogP contribution in [0.1, 0.15) is 17.5 Å². The van der Waals surface area contributed by atoms with Crippen LogP contribution in [-0.4, -0.2) is 24.2 Å². The second-order valence-electron chi connectivity index (χ2n) is 3.33. The molecule has 0 atom stereocenters. The lowest BCUT2D eigenvalue weighted by molar-refractivity contribution is 0.211. The lowest BCUT2D eigenvalue weighted by atomic mass is 10.2. The van der Waals surface area contributed by atoms with Gasteiger partial charge < -0.3 is 14.2 Å². The van der Waals surface area contributed by atoms with Gasteiger partial charge in [-0.15, -0.1) is 0 Å². The molecule has 0 unspecified atom stereocenters. The number of hydrogen-bond acceptors (Lipinski definition) is 3. The Morgan fingerprint density at radius 1 is 1.07 bits per heavy atom. The molecule has 2 heterocycles. The van der Waals surface area contributed by atoms with Crippen molar-refractivity contribution in [2.24, 2.45) is 14.1 Å². The van der Waals surface area contributed by atoms with Crippen LogP contribution in [0.3, 0.4) is 0 Å². The molecule has 0 aliphatic heterocycles. The predicted octanol–water partition coefficient (Wildman–Crippen LogP) is 0.235. The average molecular weight is 192 g/mol. The number of aryl methyl sites for hydroxylation is 2. The van der Waals surface area contributed by atoms with Gasteiger partial charge >= 0.3 is 0 Å². The Labute approximate surface area is 81.7 Å². The van der Waals surface area contributed by atoms with Crippen LogP contribution in [-0.2, 0) is 14.1 Å². The normalized spacial score (nSPS) is 11.1. The van der Waals surface area contributed by atoms with Gasteiger partial charge in [-0.2, -0.15) is 0 Å². The molecule has 2 aromatic rings. The van der Waals surface area contributed by atoms with Gasteiger partial charge in [-0.1, -0.05) is 0 Å². The molecule has 0 spiro atoms. The molecule has 0 bridgehead atoms. The third-order valence-electron chi connectivity index (χ3n) is 2.01. The van der Waals surface area contributed by atoms with Crippen molar-refractivity contribution >= 4 is 0 Å². The fourth-order valence-electron chi connectivity index (χ4n) is 1.30. The molecular formula is C9H12N4O. The van der Waals surface area contributed by atoms with Gasteiger partial charge in [-0.3, -0.25) is 0 Å². The number of aromatic nitrogens is 4. The summed E-state index contributed by atoms with van der Waals surface area (Å²) >= 11 is 0. The first kappa shape index (κ1) is 8.96. The Morgan fingerprint density at radius 2 is 1.50 bits per heavy atom. The van der Waals surface area contributed by atoms with E-state index in [0.717, 1.165) is 0 Å². The van der Waals surface area contributed by atoms with E-state index in [1.807, 2.05) is 14.1 Å². The first-order valence-corrected chi connectivity index (χ1v) is 4.30. The Balaban J connectivity index is 2.28. The van der Waals surface area contributed by atoms with E-state index in [9.17, 15) is 5.11 Å². The molecule has 14 heavy (non-hydrogen) atoms. The third kappa shape index (κ3) is 1.54. The van der Waals surface area contributed by atoms with Gasteiger partial charge in [0.1, 0.15) is 6.10 Å². The minimum atomic E-state index is -0.739. The average Bonchev–Trinajstić information content (AvgIpc) is 2.73. The number of aliphatic hydroxyl groups excluding tert-OH is 1. The van der Waals surface area contributed by atoms with Crippen molar-refractivity contribution < 1.29 is 5.11 Å². The number of nitrogens with zero attached hydrogens (tertiary/aromatic N) is 4. The van der Waals surface area contributed by atoms with Crippen LogP contribution < -0.4 is 0 Å². The van der Waals surface area contributed by atoms with Gasteiger partial charge in [-0.05, 0) is 0 Å². The van der Waals surface area contributed by atoms with Crippen molar-refractivity contribution in [3.8, 4) is 0 Å². The summed E-state index contributed by atoms with van der Waals surface area (Å²) in [4.78, 5) is 8.13. The van der Waals surface area contributed by atoms with Crippen LogP contribution in [0.2, 0.25) is 0 Å². The minimum Gasteiger partial charge on any atom is -0.380 e. The number of imidazole rings is 2. The molecule has 5 heteroatoms. The Bertz CT molecular complexity index is 391. The first-order valence-electron chi connectivity index (χ1n) is 4.30. The molecule has 1 N–H and O–H groups in total. The van der Waals surface area contributed by atoms with Crippen LogP contribution in [0.25, 0.3) is 0 Å². The van der Waals surface area contributed by atoms with Gasteiger partial charge in [0.2, 0.25) is 0 Å². The van der Waals surface area contributed by atoms with Crippen molar-refractivity contribution in [3.63, 3.8) is 0 Å². The quantitative estimate of drug-likeness (QED) is 0.741. The van der Waals surface area contributed by atoms with Crippen molar-refractivity contribution in [1.82, 2.24) is 19.1 Å². The highest BCUT2D eigenvalue weighted by Crippen LogP contribution is 2.17. The molecule has 0 saturated carbocycles. The molecule has 74 valence electrons. The van der Waals surface area contributed by atoms with Gasteiger partial charge in [-0.25, -0.2) is 9.97 Å². The van der Waals surface area contributed by atoms with Crippen molar-refractivity contribution in [2.75, 3.05) is 0 Å². The number of rotatable bonds is 2. The fourth-order valence-corrected chi connectivity index (χ4v) is 1.30. The van der Waals surface area contributed by atoms with E-state index in [1.165, 1.54) is 0 Å². The maximum absolute atomic E-state index is 9.87. The van der Waals surface area contributed by atoms with Gasteiger partial charge in [0.05, 0.1) is 24.0 Å². The summed E-state index contributed by atoms with van der Waals surface area (Å²) < 4.78 is 3.59.